The maximum absolute atomic E-state index is 12.4. The fourth-order valence-electron chi connectivity index (χ4n) is 2.96. The molecule has 0 aliphatic rings. The lowest BCUT2D eigenvalue weighted by Gasteiger charge is -2.17. The Kier molecular flexibility index (Phi) is 7.83. The van der Waals surface area contributed by atoms with Gasteiger partial charge in [0.05, 0.1) is 26.8 Å². The van der Waals surface area contributed by atoms with E-state index in [2.05, 4.69) is 10.6 Å². The van der Waals surface area contributed by atoms with E-state index in [0.29, 0.717) is 35.8 Å². The first-order chi connectivity index (χ1) is 13.5. The number of nitrogens with one attached hydrogen (secondary N) is 3. The molecule has 0 aromatic heterocycles. The van der Waals surface area contributed by atoms with Crippen LogP contribution in [-0.4, -0.2) is 46.2 Å². The van der Waals surface area contributed by atoms with Crippen molar-refractivity contribution in [2.45, 2.75) is 13.5 Å². The van der Waals surface area contributed by atoms with Crippen LogP contribution in [0.2, 0.25) is 0 Å². The van der Waals surface area contributed by atoms with Crippen LogP contribution in [-0.2, 0) is 11.3 Å². The van der Waals surface area contributed by atoms with E-state index in [0.717, 1.165) is 10.5 Å². The molecule has 0 aliphatic carbocycles. The van der Waals surface area contributed by atoms with Gasteiger partial charge in [0, 0.05) is 17.8 Å². The maximum Gasteiger partial charge on any atom is 0.279 e. The molecular weight excluding hydrogens is 358 g/mol. The third-order valence-electron chi connectivity index (χ3n) is 4.18. The number of likely N-dealkylation sites (N-methyl/N-ethyl adjacent to an activating group) is 1. The molecule has 3 N–H and O–H groups in total. The molecule has 0 saturated heterocycles. The number of quaternary nitrogens is 1. The molecule has 0 aliphatic heterocycles. The molecule has 7 nitrogen and oxygen atoms in total. The van der Waals surface area contributed by atoms with Crippen molar-refractivity contribution < 1.29 is 24.0 Å². The predicted octanol–water partition coefficient (Wildman–Crippen LogP) is 1.11. The van der Waals surface area contributed by atoms with E-state index in [1.54, 1.807) is 38.5 Å². The van der Waals surface area contributed by atoms with E-state index in [4.69, 9.17) is 9.47 Å². The highest BCUT2D eigenvalue weighted by Crippen LogP contribution is 2.29. The Labute approximate surface area is 165 Å². The zero-order chi connectivity index (χ0) is 20.5. The number of hydrogen-bond donors (Lipinski definition) is 3. The minimum atomic E-state index is -0.161. The monoisotopic (exact) mass is 386 g/mol. The standard InChI is InChI=1S/C21H27N3O4/c1-5-22-21(26)15-8-6-10-17(12-15)23-19(25)14-24(2)13-16-9-7-11-18(27-3)20(16)28-4/h6-12H,5,13-14H2,1-4H3,(H,22,26)(H,23,25)/p+1. The Morgan fingerprint density at radius 3 is 2.50 bits per heavy atom. The number of carbonyl (C=O) groups excluding carboxylic acids is 2. The van der Waals surface area contributed by atoms with E-state index in [1.807, 2.05) is 32.2 Å². The third-order valence-corrected chi connectivity index (χ3v) is 4.18. The van der Waals surface area contributed by atoms with Crippen LogP contribution in [0.5, 0.6) is 11.5 Å². The second kappa shape index (κ2) is 10.3. The summed E-state index contributed by atoms with van der Waals surface area (Å²) in [5.74, 6) is 1.05. The van der Waals surface area contributed by atoms with Gasteiger partial charge < -0.3 is 25.0 Å². The largest absolute Gasteiger partial charge is 0.493 e. The summed E-state index contributed by atoms with van der Waals surface area (Å²) in [7, 11) is 5.13. The number of anilines is 1. The fourth-order valence-corrected chi connectivity index (χ4v) is 2.96. The second-order valence-electron chi connectivity index (χ2n) is 6.45. The Hall–Kier alpha value is -3.06. The first-order valence-corrected chi connectivity index (χ1v) is 9.17. The SMILES string of the molecule is CCNC(=O)c1cccc(NC(=O)C[NH+](C)Cc2cccc(OC)c2OC)c1. The minimum Gasteiger partial charge on any atom is -0.493 e. The van der Waals surface area contributed by atoms with Crippen molar-refractivity contribution in [3.05, 3.63) is 53.6 Å². The molecule has 150 valence electrons. The van der Waals surface area contributed by atoms with Gasteiger partial charge in [-0.05, 0) is 37.3 Å². The van der Waals surface area contributed by atoms with Crippen LogP contribution in [0.15, 0.2) is 42.5 Å². The van der Waals surface area contributed by atoms with Crippen molar-refractivity contribution in [3.8, 4) is 11.5 Å². The number of amides is 2. The summed E-state index contributed by atoms with van der Waals surface area (Å²) in [6.45, 7) is 3.29. The summed E-state index contributed by atoms with van der Waals surface area (Å²) in [4.78, 5) is 25.3. The highest BCUT2D eigenvalue weighted by Gasteiger charge is 2.16. The summed E-state index contributed by atoms with van der Waals surface area (Å²) in [5, 5.41) is 5.60. The number of carbonyl (C=O) groups is 2. The molecule has 0 bridgehead atoms. The molecular formula is C21H28N3O4+. The first-order valence-electron chi connectivity index (χ1n) is 9.17. The van der Waals surface area contributed by atoms with E-state index >= 15 is 0 Å². The molecule has 0 saturated carbocycles. The lowest BCUT2D eigenvalue weighted by atomic mass is 10.1. The Balaban J connectivity index is 1.98. The quantitative estimate of drug-likeness (QED) is 0.603. The van der Waals surface area contributed by atoms with Crippen molar-refractivity contribution in [2.75, 3.05) is 39.7 Å². The third kappa shape index (κ3) is 5.72. The number of para-hydroxylation sites is 1. The average Bonchev–Trinajstić information content (AvgIpc) is 2.67. The summed E-state index contributed by atoms with van der Waals surface area (Å²) < 4.78 is 10.8. The Morgan fingerprint density at radius 1 is 1.07 bits per heavy atom. The molecule has 2 aromatic rings. The molecule has 1 unspecified atom stereocenters. The lowest BCUT2D eigenvalue weighted by molar-refractivity contribution is -0.885. The summed E-state index contributed by atoms with van der Waals surface area (Å²) in [5.41, 5.74) is 2.08. The van der Waals surface area contributed by atoms with Crippen LogP contribution in [0.25, 0.3) is 0 Å². The van der Waals surface area contributed by atoms with Gasteiger partial charge in [0.2, 0.25) is 0 Å². The zero-order valence-electron chi connectivity index (χ0n) is 16.8. The molecule has 2 aromatic carbocycles. The van der Waals surface area contributed by atoms with Crippen molar-refractivity contribution in [1.29, 1.82) is 0 Å². The topological polar surface area (TPSA) is 81.1 Å². The second-order valence-corrected chi connectivity index (χ2v) is 6.45. The summed E-state index contributed by atoms with van der Waals surface area (Å²) in [6, 6.07) is 12.6. The van der Waals surface area contributed by atoms with Crippen molar-refractivity contribution in [3.63, 3.8) is 0 Å². The number of hydrogen-bond acceptors (Lipinski definition) is 4. The van der Waals surface area contributed by atoms with Gasteiger partial charge in [-0.1, -0.05) is 12.1 Å². The fraction of sp³-hybridized carbons (Fsp3) is 0.333. The van der Waals surface area contributed by atoms with Gasteiger partial charge in [-0.15, -0.1) is 0 Å². The molecule has 0 radical (unpaired) electrons. The van der Waals surface area contributed by atoms with E-state index < -0.39 is 0 Å². The Bertz CT molecular complexity index is 823. The van der Waals surface area contributed by atoms with Crippen LogP contribution < -0.4 is 25.0 Å². The molecule has 0 fully saturated rings. The van der Waals surface area contributed by atoms with Gasteiger partial charge in [0.15, 0.2) is 18.0 Å². The van der Waals surface area contributed by atoms with Gasteiger partial charge in [-0.3, -0.25) is 9.59 Å². The zero-order valence-corrected chi connectivity index (χ0v) is 16.8. The smallest absolute Gasteiger partial charge is 0.279 e. The van der Waals surface area contributed by atoms with Crippen molar-refractivity contribution >= 4 is 17.5 Å². The Morgan fingerprint density at radius 2 is 1.82 bits per heavy atom. The maximum atomic E-state index is 12.4. The molecule has 2 rings (SSSR count). The highest BCUT2D eigenvalue weighted by molar-refractivity contribution is 5.97. The minimum absolute atomic E-state index is 0.132. The lowest BCUT2D eigenvalue weighted by Crippen LogP contribution is -3.08. The van der Waals surface area contributed by atoms with Gasteiger partial charge in [-0.25, -0.2) is 0 Å². The van der Waals surface area contributed by atoms with Crippen LogP contribution in [0.1, 0.15) is 22.8 Å². The van der Waals surface area contributed by atoms with Gasteiger partial charge in [-0.2, -0.15) is 0 Å². The molecule has 7 heteroatoms. The molecule has 1 atom stereocenters. The van der Waals surface area contributed by atoms with E-state index in [9.17, 15) is 9.59 Å². The first kappa shape index (κ1) is 21.2. The summed E-state index contributed by atoms with van der Waals surface area (Å²) >= 11 is 0. The number of methoxy groups -OCH3 is 2. The number of rotatable bonds is 9. The molecule has 0 spiro atoms. The van der Waals surface area contributed by atoms with Gasteiger partial charge >= 0.3 is 0 Å². The summed E-state index contributed by atoms with van der Waals surface area (Å²) in [6.07, 6.45) is 0. The van der Waals surface area contributed by atoms with Crippen LogP contribution in [0, 0.1) is 0 Å². The highest BCUT2D eigenvalue weighted by atomic mass is 16.5. The predicted molar refractivity (Wildman–Crippen MR) is 108 cm³/mol. The number of benzene rings is 2. The van der Waals surface area contributed by atoms with Crippen LogP contribution in [0.3, 0.4) is 0 Å². The van der Waals surface area contributed by atoms with E-state index in [-0.39, 0.29) is 18.4 Å². The van der Waals surface area contributed by atoms with Crippen molar-refractivity contribution in [2.24, 2.45) is 0 Å². The van der Waals surface area contributed by atoms with Crippen LogP contribution in [0.4, 0.5) is 5.69 Å². The number of ether oxygens (including phenoxy) is 2. The normalized spacial score (nSPS) is 11.4. The molecule has 0 heterocycles. The van der Waals surface area contributed by atoms with Gasteiger partial charge in [0.25, 0.3) is 11.8 Å². The molecule has 28 heavy (non-hydrogen) atoms. The van der Waals surface area contributed by atoms with Crippen molar-refractivity contribution in [1.82, 2.24) is 5.32 Å². The van der Waals surface area contributed by atoms with Gasteiger partial charge in [0.1, 0.15) is 6.54 Å². The average molecular weight is 386 g/mol. The molecule has 2 amide bonds. The van der Waals surface area contributed by atoms with Crippen LogP contribution >= 0.6 is 0 Å². The van der Waals surface area contributed by atoms with E-state index in [1.165, 1.54) is 0 Å².